The second-order valence-electron chi connectivity index (χ2n) is 3.84. The van der Waals surface area contributed by atoms with Crippen molar-refractivity contribution in [2.24, 2.45) is 0 Å². The molecule has 0 aliphatic carbocycles. The van der Waals surface area contributed by atoms with Crippen LogP contribution in [0.1, 0.15) is 24.8 Å². The van der Waals surface area contributed by atoms with Gasteiger partial charge in [-0.05, 0) is 65.6 Å². The van der Waals surface area contributed by atoms with Crippen LogP contribution in [0.3, 0.4) is 0 Å². The molecule has 1 aromatic carbocycles. The van der Waals surface area contributed by atoms with Crippen LogP contribution in [0, 0.1) is 3.57 Å². The fourth-order valence-corrected chi connectivity index (χ4v) is 2.58. The van der Waals surface area contributed by atoms with Crippen LogP contribution in [0.25, 0.3) is 0 Å². The normalized spacial score (nSPS) is 21.0. The van der Waals surface area contributed by atoms with Crippen LogP contribution >= 0.6 is 38.5 Å². The Morgan fingerprint density at radius 1 is 1.44 bits per heavy atom. The summed E-state index contributed by atoms with van der Waals surface area (Å²) in [6.45, 7) is 1.46. The van der Waals surface area contributed by atoms with Gasteiger partial charge in [-0.1, -0.05) is 15.9 Å². The van der Waals surface area contributed by atoms with Crippen LogP contribution in [-0.2, 0) is 16.1 Å². The molecule has 16 heavy (non-hydrogen) atoms. The summed E-state index contributed by atoms with van der Waals surface area (Å²) in [5.74, 6) is 0. The Balaban J connectivity index is 1.90. The molecule has 1 fully saturated rings. The van der Waals surface area contributed by atoms with Gasteiger partial charge in [0.25, 0.3) is 0 Å². The lowest BCUT2D eigenvalue weighted by molar-refractivity contribution is -0.169. The van der Waals surface area contributed by atoms with Gasteiger partial charge in [-0.2, -0.15) is 0 Å². The average molecular weight is 397 g/mol. The maximum Gasteiger partial charge on any atom is 0.158 e. The number of benzene rings is 1. The molecule has 2 nitrogen and oxygen atoms in total. The molecule has 88 valence electrons. The second-order valence-corrected chi connectivity index (χ2v) is 5.92. The summed E-state index contributed by atoms with van der Waals surface area (Å²) in [6, 6.07) is 6.23. The van der Waals surface area contributed by atoms with E-state index in [1.54, 1.807) is 0 Å². The van der Waals surface area contributed by atoms with Gasteiger partial charge in [-0.25, -0.2) is 0 Å². The lowest BCUT2D eigenvalue weighted by atomic mass is 10.2. The van der Waals surface area contributed by atoms with Crippen molar-refractivity contribution in [3.63, 3.8) is 0 Å². The number of hydrogen-bond donors (Lipinski definition) is 0. The highest BCUT2D eigenvalue weighted by atomic mass is 127. The largest absolute Gasteiger partial charge is 0.353 e. The predicted octanol–water partition coefficient (Wildman–Crippen LogP) is 4.10. The minimum absolute atomic E-state index is 0.0106. The van der Waals surface area contributed by atoms with Crippen LogP contribution in [0.5, 0.6) is 0 Å². The molecule has 4 heteroatoms. The highest BCUT2D eigenvalue weighted by Crippen LogP contribution is 2.21. The number of hydrogen-bond acceptors (Lipinski definition) is 2. The Morgan fingerprint density at radius 3 is 3.06 bits per heavy atom. The van der Waals surface area contributed by atoms with E-state index in [0.717, 1.165) is 23.9 Å². The number of rotatable bonds is 3. The predicted molar refractivity (Wildman–Crippen MR) is 75.2 cm³/mol. The molecule has 0 N–H and O–H groups in total. The van der Waals surface area contributed by atoms with Gasteiger partial charge < -0.3 is 9.47 Å². The molecule has 0 amide bonds. The van der Waals surface area contributed by atoms with Crippen molar-refractivity contribution in [3.8, 4) is 0 Å². The van der Waals surface area contributed by atoms with Crippen molar-refractivity contribution in [1.29, 1.82) is 0 Å². The standard InChI is InChI=1S/C12H14BrIO2/c13-10-4-5-11(14)9(7-10)8-16-12-3-1-2-6-15-12/h4-5,7,12H,1-3,6,8H2. The van der Waals surface area contributed by atoms with Crippen LogP contribution in [0.4, 0.5) is 0 Å². The summed E-state index contributed by atoms with van der Waals surface area (Å²) in [5, 5.41) is 0. The van der Waals surface area contributed by atoms with E-state index in [9.17, 15) is 0 Å². The van der Waals surface area contributed by atoms with Crippen LogP contribution in [-0.4, -0.2) is 12.9 Å². The zero-order valence-corrected chi connectivity index (χ0v) is 12.7. The van der Waals surface area contributed by atoms with Crippen LogP contribution < -0.4 is 0 Å². The summed E-state index contributed by atoms with van der Waals surface area (Å²) < 4.78 is 13.6. The molecule has 0 bridgehead atoms. The van der Waals surface area contributed by atoms with Crippen molar-refractivity contribution >= 4 is 38.5 Å². The Hall–Kier alpha value is 0.350. The van der Waals surface area contributed by atoms with Crippen molar-refractivity contribution in [2.75, 3.05) is 6.61 Å². The lowest BCUT2D eigenvalue weighted by Crippen LogP contribution is -2.22. The number of ether oxygens (including phenoxy) is 2. The molecular weight excluding hydrogens is 383 g/mol. The van der Waals surface area contributed by atoms with Crippen LogP contribution in [0.15, 0.2) is 22.7 Å². The Labute approximate surface area is 118 Å². The van der Waals surface area contributed by atoms with E-state index in [4.69, 9.17) is 9.47 Å². The Kier molecular flexibility index (Phi) is 5.06. The highest BCUT2D eigenvalue weighted by Gasteiger charge is 2.14. The maximum absolute atomic E-state index is 5.76. The van der Waals surface area contributed by atoms with Gasteiger partial charge >= 0.3 is 0 Å². The summed E-state index contributed by atoms with van der Waals surface area (Å²) in [4.78, 5) is 0. The third-order valence-electron chi connectivity index (χ3n) is 2.57. The maximum atomic E-state index is 5.76. The van der Waals surface area contributed by atoms with Crippen molar-refractivity contribution in [2.45, 2.75) is 32.2 Å². The van der Waals surface area contributed by atoms with E-state index in [1.807, 2.05) is 6.07 Å². The topological polar surface area (TPSA) is 18.5 Å². The quantitative estimate of drug-likeness (QED) is 0.716. The van der Waals surface area contributed by atoms with Gasteiger partial charge in [0.15, 0.2) is 6.29 Å². The highest BCUT2D eigenvalue weighted by molar-refractivity contribution is 14.1. The minimum atomic E-state index is -0.0106. The molecule has 1 unspecified atom stereocenters. The smallest absolute Gasteiger partial charge is 0.158 e. The Morgan fingerprint density at radius 2 is 2.31 bits per heavy atom. The first-order chi connectivity index (χ1) is 7.75. The SMILES string of the molecule is Brc1ccc(I)c(COC2CCCCO2)c1. The molecule has 1 atom stereocenters. The van der Waals surface area contributed by atoms with Gasteiger partial charge in [-0.15, -0.1) is 0 Å². The van der Waals surface area contributed by atoms with Gasteiger partial charge in [0.05, 0.1) is 6.61 Å². The summed E-state index contributed by atoms with van der Waals surface area (Å²) in [6.07, 6.45) is 3.38. The van der Waals surface area contributed by atoms with E-state index >= 15 is 0 Å². The van der Waals surface area contributed by atoms with Gasteiger partial charge in [0.2, 0.25) is 0 Å². The molecule has 0 radical (unpaired) electrons. The van der Waals surface area contributed by atoms with Gasteiger partial charge in [0, 0.05) is 14.6 Å². The van der Waals surface area contributed by atoms with Crippen molar-refractivity contribution in [1.82, 2.24) is 0 Å². The molecular formula is C12H14BrIO2. The zero-order valence-electron chi connectivity index (χ0n) is 8.92. The lowest BCUT2D eigenvalue weighted by Gasteiger charge is -2.22. The van der Waals surface area contributed by atoms with Crippen molar-refractivity contribution < 1.29 is 9.47 Å². The van der Waals surface area contributed by atoms with Crippen LogP contribution in [0.2, 0.25) is 0 Å². The third kappa shape index (κ3) is 3.68. The summed E-state index contributed by atoms with van der Waals surface area (Å²) in [7, 11) is 0. The fourth-order valence-electron chi connectivity index (χ4n) is 1.68. The molecule has 0 spiro atoms. The number of halogens is 2. The van der Waals surface area contributed by atoms with E-state index in [-0.39, 0.29) is 6.29 Å². The molecule has 1 saturated heterocycles. The monoisotopic (exact) mass is 396 g/mol. The first-order valence-electron chi connectivity index (χ1n) is 5.43. The first-order valence-corrected chi connectivity index (χ1v) is 7.30. The third-order valence-corrected chi connectivity index (χ3v) is 4.12. The molecule has 2 rings (SSSR count). The minimum Gasteiger partial charge on any atom is -0.353 e. The van der Waals surface area contributed by atoms with E-state index in [0.29, 0.717) is 6.61 Å². The first kappa shape index (κ1) is 12.8. The van der Waals surface area contributed by atoms with Gasteiger partial charge in [-0.3, -0.25) is 0 Å². The van der Waals surface area contributed by atoms with E-state index < -0.39 is 0 Å². The molecule has 1 aliphatic heterocycles. The van der Waals surface area contributed by atoms with Crippen molar-refractivity contribution in [3.05, 3.63) is 31.8 Å². The van der Waals surface area contributed by atoms with Gasteiger partial charge in [0.1, 0.15) is 0 Å². The van der Waals surface area contributed by atoms with E-state index in [1.165, 1.54) is 15.6 Å². The second kappa shape index (κ2) is 6.33. The molecule has 1 heterocycles. The molecule has 0 aromatic heterocycles. The van der Waals surface area contributed by atoms with E-state index in [2.05, 4.69) is 50.7 Å². The molecule has 1 aliphatic rings. The average Bonchev–Trinajstić information content (AvgIpc) is 2.32. The molecule has 0 saturated carbocycles. The zero-order chi connectivity index (χ0) is 11.4. The molecule has 1 aromatic rings. The summed E-state index contributed by atoms with van der Waals surface area (Å²) in [5.41, 5.74) is 1.21. The summed E-state index contributed by atoms with van der Waals surface area (Å²) >= 11 is 5.80. The fraction of sp³-hybridized carbons (Fsp3) is 0.500. The Bertz CT molecular complexity index is 351.